The molecule has 0 aliphatic heterocycles. The molecule has 4 nitrogen and oxygen atoms in total. The summed E-state index contributed by atoms with van der Waals surface area (Å²) in [6.45, 7) is 5.06. The number of carboxylic acid groups (broad SMARTS) is 1. The minimum Gasteiger partial charge on any atom is -0.477 e. The summed E-state index contributed by atoms with van der Waals surface area (Å²) in [5.74, 6) is -0.165. The topological polar surface area (TPSA) is 53.4 Å². The van der Waals surface area contributed by atoms with E-state index in [9.17, 15) is 4.79 Å². The number of carboxylic acids is 1. The second-order valence-electron chi connectivity index (χ2n) is 6.32. The molecule has 0 spiro atoms. The molecule has 128 valence electrons. The van der Waals surface area contributed by atoms with Crippen LogP contribution in [0.5, 0.6) is 0 Å². The summed E-state index contributed by atoms with van der Waals surface area (Å²) in [6, 6.07) is 6.72. The summed E-state index contributed by atoms with van der Waals surface area (Å²) >= 11 is 1.23. The number of unbranched alkanes of at least 4 members (excludes halogenated alkanes) is 1. The van der Waals surface area contributed by atoms with Gasteiger partial charge in [0.1, 0.15) is 4.88 Å². The van der Waals surface area contributed by atoms with Gasteiger partial charge >= 0.3 is 5.97 Å². The molecule has 3 rings (SSSR count). The number of hydrogen-bond donors (Lipinski definition) is 1. The smallest absolute Gasteiger partial charge is 0.347 e. The number of hydrogen-bond acceptors (Lipinski definition) is 4. The molecule has 1 aliphatic carbocycles. The first-order chi connectivity index (χ1) is 11.6. The second-order valence-corrected chi connectivity index (χ2v) is 7.33. The van der Waals surface area contributed by atoms with E-state index in [1.165, 1.54) is 54.3 Å². The molecule has 1 N–H and O–H groups in total. The van der Waals surface area contributed by atoms with E-state index in [1.54, 1.807) is 0 Å². The lowest BCUT2D eigenvalue weighted by molar-refractivity contribution is 0.0702. The molecule has 24 heavy (non-hydrogen) atoms. The molecule has 1 aromatic heterocycles. The van der Waals surface area contributed by atoms with E-state index in [0.717, 1.165) is 29.7 Å². The van der Waals surface area contributed by atoms with E-state index < -0.39 is 5.97 Å². The van der Waals surface area contributed by atoms with Crippen molar-refractivity contribution in [3.63, 3.8) is 0 Å². The van der Waals surface area contributed by atoms with Crippen molar-refractivity contribution in [1.82, 2.24) is 4.98 Å². The lowest BCUT2D eigenvalue weighted by atomic mass is 9.97. The summed E-state index contributed by atoms with van der Waals surface area (Å²) in [4.78, 5) is 17.8. The van der Waals surface area contributed by atoms with Crippen LogP contribution in [-0.4, -0.2) is 22.6 Å². The molecule has 1 heterocycles. The summed E-state index contributed by atoms with van der Waals surface area (Å²) < 4.78 is 0. The van der Waals surface area contributed by atoms with Gasteiger partial charge in [-0.15, -0.1) is 0 Å². The van der Waals surface area contributed by atoms with Crippen LogP contribution in [0, 0.1) is 0 Å². The van der Waals surface area contributed by atoms with Crippen molar-refractivity contribution in [2.24, 2.45) is 0 Å². The molecular formula is C19H24N2O2S. The summed E-state index contributed by atoms with van der Waals surface area (Å²) in [6.07, 6.45) is 7.58. The summed E-state index contributed by atoms with van der Waals surface area (Å²) in [5.41, 5.74) is 4.07. The average Bonchev–Trinajstić information content (AvgIpc) is 3.31. The van der Waals surface area contributed by atoms with Crippen LogP contribution in [0.15, 0.2) is 24.4 Å². The number of aromatic carboxylic acids is 1. The first kappa shape index (κ1) is 17.0. The van der Waals surface area contributed by atoms with Crippen LogP contribution in [0.25, 0.3) is 0 Å². The molecule has 1 saturated carbocycles. The van der Waals surface area contributed by atoms with Crippen molar-refractivity contribution in [3.05, 3.63) is 40.4 Å². The van der Waals surface area contributed by atoms with Gasteiger partial charge in [0.15, 0.2) is 5.13 Å². The zero-order valence-electron chi connectivity index (χ0n) is 14.3. The van der Waals surface area contributed by atoms with Crippen LogP contribution in [-0.2, 0) is 6.42 Å². The van der Waals surface area contributed by atoms with E-state index >= 15 is 0 Å². The van der Waals surface area contributed by atoms with Gasteiger partial charge in [-0.25, -0.2) is 9.78 Å². The fourth-order valence-corrected chi connectivity index (χ4v) is 3.89. The Morgan fingerprint density at radius 3 is 2.75 bits per heavy atom. The van der Waals surface area contributed by atoms with Gasteiger partial charge in [0, 0.05) is 12.2 Å². The fraction of sp³-hybridized carbons (Fsp3) is 0.474. The molecule has 2 aromatic rings. The van der Waals surface area contributed by atoms with E-state index in [0.29, 0.717) is 0 Å². The number of rotatable bonds is 8. The number of nitrogens with zero attached hydrogens (tertiary/aromatic N) is 2. The van der Waals surface area contributed by atoms with Gasteiger partial charge in [-0.2, -0.15) is 0 Å². The van der Waals surface area contributed by atoms with Crippen LogP contribution >= 0.6 is 11.3 Å². The zero-order chi connectivity index (χ0) is 17.1. The summed E-state index contributed by atoms with van der Waals surface area (Å²) in [5, 5.41) is 9.87. The third-order valence-electron chi connectivity index (χ3n) is 4.51. The minimum absolute atomic E-state index is 0.282. The molecule has 0 unspecified atom stereocenters. The quantitative estimate of drug-likeness (QED) is 0.713. The van der Waals surface area contributed by atoms with Crippen molar-refractivity contribution in [2.75, 3.05) is 11.4 Å². The number of aromatic nitrogens is 1. The predicted octanol–water partition coefficient (Wildman–Crippen LogP) is 5.22. The van der Waals surface area contributed by atoms with Crippen molar-refractivity contribution < 1.29 is 9.90 Å². The van der Waals surface area contributed by atoms with Crippen LogP contribution in [0.2, 0.25) is 0 Å². The number of carbonyl (C=O) groups is 1. The fourth-order valence-electron chi connectivity index (χ4n) is 3.05. The Bertz CT molecular complexity index is 722. The Labute approximate surface area is 147 Å². The van der Waals surface area contributed by atoms with Gasteiger partial charge in [0.05, 0.1) is 6.20 Å². The third-order valence-corrected chi connectivity index (χ3v) is 5.51. The van der Waals surface area contributed by atoms with Gasteiger partial charge < -0.3 is 10.0 Å². The molecule has 0 amide bonds. The van der Waals surface area contributed by atoms with E-state index in [1.807, 2.05) is 0 Å². The van der Waals surface area contributed by atoms with Crippen molar-refractivity contribution in [2.45, 2.75) is 51.9 Å². The first-order valence-electron chi connectivity index (χ1n) is 8.73. The van der Waals surface area contributed by atoms with E-state index in [-0.39, 0.29) is 4.88 Å². The standard InChI is InChI=1S/C19H24N2O2S/c1-3-5-6-14-11-15(9-10-16(14)13-7-8-13)21(4-2)19-20-12-17(24-19)18(22)23/h9-13H,3-8H2,1-2H3,(H,22,23). The molecule has 0 bridgehead atoms. The highest BCUT2D eigenvalue weighted by atomic mass is 32.1. The molecule has 0 atom stereocenters. The number of benzene rings is 1. The number of anilines is 2. The van der Waals surface area contributed by atoms with Crippen molar-refractivity contribution in [3.8, 4) is 0 Å². The highest BCUT2D eigenvalue weighted by Gasteiger charge is 2.26. The summed E-state index contributed by atoms with van der Waals surface area (Å²) in [7, 11) is 0. The first-order valence-corrected chi connectivity index (χ1v) is 9.55. The van der Waals surface area contributed by atoms with Crippen LogP contribution < -0.4 is 4.90 Å². The normalized spacial score (nSPS) is 13.9. The highest BCUT2D eigenvalue weighted by Crippen LogP contribution is 2.43. The largest absolute Gasteiger partial charge is 0.477 e. The van der Waals surface area contributed by atoms with Crippen LogP contribution in [0.1, 0.15) is 66.2 Å². The average molecular weight is 344 g/mol. The third kappa shape index (κ3) is 3.61. The predicted molar refractivity (Wildman–Crippen MR) is 98.8 cm³/mol. The highest BCUT2D eigenvalue weighted by molar-refractivity contribution is 7.17. The van der Waals surface area contributed by atoms with E-state index in [2.05, 4.69) is 41.9 Å². The van der Waals surface area contributed by atoms with E-state index in [4.69, 9.17) is 5.11 Å². The Balaban J connectivity index is 1.91. The maximum Gasteiger partial charge on any atom is 0.347 e. The maximum absolute atomic E-state index is 11.1. The van der Waals surface area contributed by atoms with Gasteiger partial charge in [0.25, 0.3) is 0 Å². The second kappa shape index (κ2) is 7.34. The maximum atomic E-state index is 11.1. The molecule has 1 aromatic carbocycles. The molecule has 5 heteroatoms. The van der Waals surface area contributed by atoms with Gasteiger partial charge in [-0.1, -0.05) is 30.7 Å². The SMILES string of the molecule is CCCCc1cc(N(CC)c2ncc(C(=O)O)s2)ccc1C1CC1. The van der Waals surface area contributed by atoms with Crippen LogP contribution in [0.3, 0.4) is 0 Å². The molecule has 0 radical (unpaired) electrons. The van der Waals surface area contributed by atoms with Crippen molar-refractivity contribution >= 4 is 28.1 Å². The molecule has 1 fully saturated rings. The lowest BCUT2D eigenvalue weighted by Crippen LogP contribution is -2.16. The number of thiazole rings is 1. The van der Waals surface area contributed by atoms with Crippen molar-refractivity contribution in [1.29, 1.82) is 0 Å². The Morgan fingerprint density at radius 1 is 1.38 bits per heavy atom. The van der Waals surface area contributed by atoms with Gasteiger partial charge in [-0.05, 0) is 61.8 Å². The monoisotopic (exact) mass is 344 g/mol. The molecule has 0 saturated heterocycles. The zero-order valence-corrected chi connectivity index (χ0v) is 15.1. The minimum atomic E-state index is -0.914. The Morgan fingerprint density at radius 2 is 2.17 bits per heavy atom. The number of aryl methyl sites for hydroxylation is 1. The Kier molecular flexibility index (Phi) is 5.19. The molecule has 1 aliphatic rings. The van der Waals surface area contributed by atoms with Gasteiger partial charge in [0.2, 0.25) is 0 Å². The molecular weight excluding hydrogens is 320 g/mol. The van der Waals surface area contributed by atoms with Gasteiger partial charge in [-0.3, -0.25) is 0 Å². The van der Waals surface area contributed by atoms with Crippen LogP contribution in [0.4, 0.5) is 10.8 Å². The Hall–Kier alpha value is -1.88. The lowest BCUT2D eigenvalue weighted by Gasteiger charge is -2.22.